The third-order valence-electron chi connectivity index (χ3n) is 3.41. The zero-order valence-electron chi connectivity index (χ0n) is 11.5. The van der Waals surface area contributed by atoms with E-state index in [-0.39, 0.29) is 12.1 Å². The van der Waals surface area contributed by atoms with Crippen LogP contribution in [0.25, 0.3) is 0 Å². The van der Waals surface area contributed by atoms with Gasteiger partial charge < -0.3 is 10.8 Å². The average Bonchev–Trinajstić information content (AvgIpc) is 2.39. The van der Waals surface area contributed by atoms with Crippen molar-refractivity contribution < 1.29 is 5.11 Å². The average molecular weight is 249 g/mol. The minimum absolute atomic E-state index is 0.140. The SMILES string of the molecule is CCCCCCCC(O)C(N)Cc1ccccc1. The molecule has 0 aliphatic heterocycles. The van der Waals surface area contributed by atoms with Gasteiger partial charge in [0.2, 0.25) is 0 Å². The highest BCUT2D eigenvalue weighted by molar-refractivity contribution is 5.16. The lowest BCUT2D eigenvalue weighted by Crippen LogP contribution is -2.36. The molecular weight excluding hydrogens is 222 g/mol. The number of nitrogens with two attached hydrogens (primary N) is 1. The molecule has 0 saturated heterocycles. The zero-order valence-corrected chi connectivity index (χ0v) is 11.5. The quantitative estimate of drug-likeness (QED) is 0.660. The van der Waals surface area contributed by atoms with E-state index in [1.807, 2.05) is 18.2 Å². The molecule has 0 aliphatic rings. The van der Waals surface area contributed by atoms with Crippen LogP contribution in [0.15, 0.2) is 30.3 Å². The molecule has 1 aromatic carbocycles. The Labute approximate surface area is 111 Å². The smallest absolute Gasteiger partial charge is 0.0694 e. The van der Waals surface area contributed by atoms with Crippen LogP contribution < -0.4 is 5.73 Å². The predicted octanol–water partition coefficient (Wildman–Crippen LogP) is 3.28. The van der Waals surface area contributed by atoms with Crippen molar-refractivity contribution in [2.45, 2.75) is 64.0 Å². The van der Waals surface area contributed by atoms with Crippen molar-refractivity contribution in [2.24, 2.45) is 5.73 Å². The van der Waals surface area contributed by atoms with Gasteiger partial charge in [-0.05, 0) is 18.4 Å². The molecule has 0 aromatic heterocycles. The number of hydrogen-bond donors (Lipinski definition) is 2. The van der Waals surface area contributed by atoms with Crippen molar-refractivity contribution in [3.8, 4) is 0 Å². The Kier molecular flexibility index (Phi) is 7.70. The molecule has 0 saturated carbocycles. The highest BCUT2D eigenvalue weighted by Crippen LogP contribution is 2.11. The monoisotopic (exact) mass is 249 g/mol. The molecule has 2 heteroatoms. The molecule has 1 rings (SSSR count). The number of benzene rings is 1. The van der Waals surface area contributed by atoms with E-state index in [1.165, 1.54) is 31.2 Å². The third kappa shape index (κ3) is 6.18. The van der Waals surface area contributed by atoms with E-state index < -0.39 is 0 Å². The third-order valence-corrected chi connectivity index (χ3v) is 3.41. The number of unbranched alkanes of at least 4 members (excludes halogenated alkanes) is 4. The summed E-state index contributed by atoms with van der Waals surface area (Å²) in [6.45, 7) is 2.21. The summed E-state index contributed by atoms with van der Waals surface area (Å²) in [4.78, 5) is 0. The Balaban J connectivity index is 2.18. The minimum Gasteiger partial charge on any atom is -0.392 e. The summed E-state index contributed by atoms with van der Waals surface area (Å²) < 4.78 is 0. The maximum Gasteiger partial charge on any atom is 0.0694 e. The molecule has 0 aliphatic carbocycles. The van der Waals surface area contributed by atoms with Gasteiger partial charge in [0.25, 0.3) is 0 Å². The van der Waals surface area contributed by atoms with Gasteiger partial charge in [-0.25, -0.2) is 0 Å². The fourth-order valence-electron chi connectivity index (χ4n) is 2.19. The Morgan fingerprint density at radius 1 is 1.06 bits per heavy atom. The van der Waals surface area contributed by atoms with Crippen LogP contribution in [0.3, 0.4) is 0 Å². The van der Waals surface area contributed by atoms with Crippen molar-refractivity contribution >= 4 is 0 Å². The molecule has 0 spiro atoms. The molecule has 102 valence electrons. The molecule has 0 amide bonds. The molecule has 0 radical (unpaired) electrons. The summed E-state index contributed by atoms with van der Waals surface area (Å²) in [5, 5.41) is 10.0. The van der Waals surface area contributed by atoms with Gasteiger partial charge in [0.15, 0.2) is 0 Å². The van der Waals surface area contributed by atoms with Gasteiger partial charge in [0, 0.05) is 6.04 Å². The van der Waals surface area contributed by atoms with E-state index in [1.54, 1.807) is 0 Å². The predicted molar refractivity (Wildman–Crippen MR) is 77.5 cm³/mol. The van der Waals surface area contributed by atoms with Crippen LogP contribution in [-0.2, 0) is 6.42 Å². The first kappa shape index (κ1) is 15.2. The second-order valence-corrected chi connectivity index (χ2v) is 5.12. The van der Waals surface area contributed by atoms with E-state index in [2.05, 4.69) is 19.1 Å². The van der Waals surface area contributed by atoms with Gasteiger partial charge in [-0.2, -0.15) is 0 Å². The molecule has 2 atom stereocenters. The molecule has 0 fully saturated rings. The van der Waals surface area contributed by atoms with Gasteiger partial charge in [-0.3, -0.25) is 0 Å². The van der Waals surface area contributed by atoms with Crippen LogP contribution in [-0.4, -0.2) is 17.3 Å². The summed E-state index contributed by atoms with van der Waals surface area (Å²) >= 11 is 0. The van der Waals surface area contributed by atoms with Gasteiger partial charge in [0.1, 0.15) is 0 Å². The lowest BCUT2D eigenvalue weighted by Gasteiger charge is -2.18. The van der Waals surface area contributed by atoms with Crippen molar-refractivity contribution in [3.63, 3.8) is 0 Å². The van der Waals surface area contributed by atoms with Crippen LogP contribution in [0.5, 0.6) is 0 Å². The molecule has 18 heavy (non-hydrogen) atoms. The van der Waals surface area contributed by atoms with E-state index in [0.717, 1.165) is 19.3 Å². The van der Waals surface area contributed by atoms with E-state index in [0.29, 0.717) is 0 Å². The van der Waals surface area contributed by atoms with Gasteiger partial charge >= 0.3 is 0 Å². The van der Waals surface area contributed by atoms with Crippen molar-refractivity contribution in [1.82, 2.24) is 0 Å². The molecule has 1 aromatic rings. The summed E-state index contributed by atoms with van der Waals surface area (Å²) in [5.74, 6) is 0. The topological polar surface area (TPSA) is 46.2 Å². The Morgan fingerprint density at radius 3 is 2.39 bits per heavy atom. The van der Waals surface area contributed by atoms with Crippen molar-refractivity contribution in [2.75, 3.05) is 0 Å². The van der Waals surface area contributed by atoms with Crippen LogP contribution >= 0.6 is 0 Å². The second kappa shape index (κ2) is 9.12. The highest BCUT2D eigenvalue weighted by atomic mass is 16.3. The van der Waals surface area contributed by atoms with Crippen LogP contribution in [0.2, 0.25) is 0 Å². The molecule has 3 N–H and O–H groups in total. The maximum atomic E-state index is 10.0. The van der Waals surface area contributed by atoms with Crippen molar-refractivity contribution in [3.05, 3.63) is 35.9 Å². The maximum absolute atomic E-state index is 10.0. The summed E-state index contributed by atoms with van der Waals surface area (Å²) in [6, 6.07) is 10.0. The summed E-state index contributed by atoms with van der Waals surface area (Å²) in [7, 11) is 0. The molecular formula is C16H27NO. The molecule has 2 nitrogen and oxygen atoms in total. The highest BCUT2D eigenvalue weighted by Gasteiger charge is 2.14. The first-order valence-corrected chi connectivity index (χ1v) is 7.21. The zero-order chi connectivity index (χ0) is 13.2. The van der Waals surface area contributed by atoms with Gasteiger partial charge in [0.05, 0.1) is 6.10 Å². The van der Waals surface area contributed by atoms with Gasteiger partial charge in [-0.15, -0.1) is 0 Å². The van der Waals surface area contributed by atoms with Crippen LogP contribution in [0.4, 0.5) is 0 Å². The normalized spacial score (nSPS) is 14.4. The van der Waals surface area contributed by atoms with E-state index >= 15 is 0 Å². The van der Waals surface area contributed by atoms with Crippen LogP contribution in [0, 0.1) is 0 Å². The molecule has 2 unspecified atom stereocenters. The first-order chi connectivity index (χ1) is 8.74. The number of hydrogen-bond acceptors (Lipinski definition) is 2. The van der Waals surface area contributed by atoms with Crippen LogP contribution in [0.1, 0.15) is 51.0 Å². The largest absolute Gasteiger partial charge is 0.392 e. The minimum atomic E-state index is -0.369. The number of rotatable bonds is 9. The van der Waals surface area contributed by atoms with E-state index in [4.69, 9.17) is 5.73 Å². The summed E-state index contributed by atoms with van der Waals surface area (Å²) in [6.07, 6.45) is 7.35. The number of aliphatic hydroxyl groups is 1. The number of aliphatic hydroxyl groups excluding tert-OH is 1. The summed E-state index contributed by atoms with van der Waals surface area (Å²) in [5.41, 5.74) is 7.24. The lowest BCUT2D eigenvalue weighted by atomic mass is 9.98. The Morgan fingerprint density at radius 2 is 1.72 bits per heavy atom. The molecule has 0 heterocycles. The van der Waals surface area contributed by atoms with Crippen molar-refractivity contribution in [1.29, 1.82) is 0 Å². The standard InChI is InChI=1S/C16H27NO/c1-2-3-4-5-9-12-16(18)15(17)13-14-10-7-6-8-11-14/h6-8,10-11,15-16,18H,2-5,9,12-13,17H2,1H3. The second-order valence-electron chi connectivity index (χ2n) is 5.12. The molecule has 0 bridgehead atoms. The Bertz CT molecular complexity index is 299. The lowest BCUT2D eigenvalue weighted by molar-refractivity contribution is 0.131. The van der Waals surface area contributed by atoms with Gasteiger partial charge in [-0.1, -0.05) is 69.4 Å². The first-order valence-electron chi connectivity index (χ1n) is 7.21. The fourth-order valence-corrected chi connectivity index (χ4v) is 2.19. The fraction of sp³-hybridized carbons (Fsp3) is 0.625. The Hall–Kier alpha value is -0.860. The van der Waals surface area contributed by atoms with E-state index in [9.17, 15) is 5.11 Å².